The van der Waals surface area contributed by atoms with Gasteiger partial charge in [0, 0.05) is 31.3 Å². The molecule has 1 aromatic carbocycles. The molecule has 0 aliphatic rings. The highest BCUT2D eigenvalue weighted by Crippen LogP contribution is 2.16. The number of hydrogen-bond acceptors (Lipinski definition) is 7. The van der Waals surface area contributed by atoms with Gasteiger partial charge >= 0.3 is 12.1 Å². The van der Waals surface area contributed by atoms with Crippen molar-refractivity contribution >= 4 is 34.4 Å². The van der Waals surface area contributed by atoms with Crippen molar-refractivity contribution < 1.29 is 19.1 Å². The molecule has 0 aliphatic heterocycles. The number of esters is 1. The first kappa shape index (κ1) is 22.7. The van der Waals surface area contributed by atoms with Crippen LogP contribution in [0.25, 0.3) is 11.0 Å². The lowest BCUT2D eigenvalue weighted by Gasteiger charge is -2.27. The van der Waals surface area contributed by atoms with Gasteiger partial charge in [-0.25, -0.2) is 19.6 Å². The maximum atomic E-state index is 12.8. The predicted octanol–water partition coefficient (Wildman–Crippen LogP) is 4.22. The lowest BCUT2D eigenvalue weighted by molar-refractivity contribution is 0.0253. The summed E-state index contributed by atoms with van der Waals surface area (Å²) >= 11 is 1.38. The number of H-pyrrole nitrogens is 1. The third-order valence-corrected chi connectivity index (χ3v) is 5.25. The number of rotatable bonds is 8. The number of nitrogens with zero attached hydrogens (tertiary/aromatic N) is 3. The zero-order chi connectivity index (χ0) is 22.4. The number of hydrogen-bond donors (Lipinski definition) is 1. The molecular formula is C22H28N4O4S. The summed E-state index contributed by atoms with van der Waals surface area (Å²) in [5, 5.41) is 2.44. The molecule has 31 heavy (non-hydrogen) atoms. The molecule has 0 aliphatic carbocycles. The number of thiazole rings is 1. The van der Waals surface area contributed by atoms with E-state index in [0.29, 0.717) is 38.2 Å². The minimum absolute atomic E-state index is 0.299. The fraction of sp³-hybridized carbons (Fsp3) is 0.455. The monoisotopic (exact) mass is 444 g/mol. The number of ether oxygens (including phenoxy) is 2. The highest BCUT2D eigenvalue weighted by molar-refractivity contribution is 7.09. The van der Waals surface area contributed by atoms with Gasteiger partial charge in [0.25, 0.3) is 0 Å². The Bertz CT molecular complexity index is 1000. The van der Waals surface area contributed by atoms with E-state index >= 15 is 0 Å². The second kappa shape index (κ2) is 9.91. The number of amides is 1. The maximum absolute atomic E-state index is 12.8. The molecule has 0 bridgehead atoms. The van der Waals surface area contributed by atoms with Crippen LogP contribution < -0.4 is 0 Å². The average molecular weight is 445 g/mol. The van der Waals surface area contributed by atoms with E-state index in [4.69, 9.17) is 9.47 Å². The summed E-state index contributed by atoms with van der Waals surface area (Å²) in [4.78, 5) is 38.4. The lowest BCUT2D eigenvalue weighted by Crippen LogP contribution is -2.39. The Hall–Kier alpha value is -2.94. The molecule has 3 rings (SSSR count). The third kappa shape index (κ3) is 6.52. The molecule has 1 N–H and O–H groups in total. The fourth-order valence-electron chi connectivity index (χ4n) is 2.94. The highest BCUT2D eigenvalue weighted by atomic mass is 32.1. The molecule has 8 nitrogen and oxygen atoms in total. The Morgan fingerprint density at radius 1 is 1.13 bits per heavy atom. The SMILES string of the molecule is CCOC(=O)c1csc(CCN(CCc2nc3ccccc3[nH]2)C(=O)OC(C)(C)C)n1. The van der Waals surface area contributed by atoms with Crippen molar-refractivity contribution in [1.82, 2.24) is 19.9 Å². The second-order valence-electron chi connectivity index (χ2n) is 8.01. The first-order valence-electron chi connectivity index (χ1n) is 10.3. The molecule has 0 fully saturated rings. The van der Waals surface area contributed by atoms with Crippen LogP contribution >= 0.6 is 11.3 Å². The highest BCUT2D eigenvalue weighted by Gasteiger charge is 2.23. The van der Waals surface area contributed by atoms with Crippen molar-refractivity contribution in [2.75, 3.05) is 19.7 Å². The third-order valence-electron chi connectivity index (χ3n) is 4.34. The largest absolute Gasteiger partial charge is 0.461 e. The van der Waals surface area contributed by atoms with Crippen LogP contribution in [0.3, 0.4) is 0 Å². The van der Waals surface area contributed by atoms with Crippen LogP contribution in [0, 0.1) is 0 Å². The topological polar surface area (TPSA) is 97.4 Å². The van der Waals surface area contributed by atoms with Gasteiger partial charge in [0.2, 0.25) is 0 Å². The number of fused-ring (bicyclic) bond motifs is 1. The van der Waals surface area contributed by atoms with Crippen LogP contribution in [0.1, 0.15) is 49.0 Å². The smallest absolute Gasteiger partial charge is 0.410 e. The molecule has 0 spiro atoms. The first-order valence-corrected chi connectivity index (χ1v) is 11.2. The molecule has 2 aromatic heterocycles. The van der Waals surface area contributed by atoms with Crippen molar-refractivity contribution in [2.45, 2.75) is 46.1 Å². The molecule has 0 atom stereocenters. The van der Waals surface area contributed by atoms with Crippen LogP contribution in [0.4, 0.5) is 4.79 Å². The summed E-state index contributed by atoms with van der Waals surface area (Å²) in [5.41, 5.74) is 1.58. The number of benzene rings is 1. The van der Waals surface area contributed by atoms with E-state index < -0.39 is 11.6 Å². The molecule has 0 unspecified atom stereocenters. The number of nitrogens with one attached hydrogen (secondary N) is 1. The lowest BCUT2D eigenvalue weighted by atomic mass is 10.2. The maximum Gasteiger partial charge on any atom is 0.410 e. The van der Waals surface area contributed by atoms with Gasteiger partial charge in [0.15, 0.2) is 5.69 Å². The molecule has 9 heteroatoms. The van der Waals surface area contributed by atoms with Gasteiger partial charge in [0.05, 0.1) is 22.6 Å². The zero-order valence-corrected chi connectivity index (χ0v) is 19.1. The standard InChI is InChI=1S/C22H28N4O4S/c1-5-29-20(27)17-14-31-19(25-17)11-13-26(21(28)30-22(2,3)4)12-10-18-23-15-8-6-7-9-16(15)24-18/h6-9,14H,5,10-13H2,1-4H3,(H,23,24). The van der Waals surface area contributed by atoms with Crippen molar-refractivity contribution in [3.63, 3.8) is 0 Å². The van der Waals surface area contributed by atoms with E-state index in [2.05, 4.69) is 15.0 Å². The van der Waals surface area contributed by atoms with Gasteiger partial charge in [-0.1, -0.05) is 12.1 Å². The first-order chi connectivity index (χ1) is 14.7. The van der Waals surface area contributed by atoms with Crippen LogP contribution in [0.15, 0.2) is 29.6 Å². The molecule has 1 amide bonds. The van der Waals surface area contributed by atoms with Crippen molar-refractivity contribution in [2.24, 2.45) is 0 Å². The number of carbonyl (C=O) groups excluding carboxylic acids is 2. The van der Waals surface area contributed by atoms with Gasteiger partial charge in [-0.3, -0.25) is 0 Å². The number of imidazole rings is 1. The number of aromatic amines is 1. The molecule has 0 saturated carbocycles. The van der Waals surface area contributed by atoms with Crippen LogP contribution in [-0.4, -0.2) is 57.2 Å². The predicted molar refractivity (Wildman–Crippen MR) is 119 cm³/mol. The van der Waals surface area contributed by atoms with Crippen LogP contribution in [0.5, 0.6) is 0 Å². The van der Waals surface area contributed by atoms with Gasteiger partial charge in [-0.2, -0.15) is 0 Å². The Kier molecular flexibility index (Phi) is 7.27. The Balaban J connectivity index is 1.65. The summed E-state index contributed by atoms with van der Waals surface area (Å²) in [6, 6.07) is 7.82. The molecule has 0 saturated heterocycles. The molecule has 0 radical (unpaired) electrons. The minimum atomic E-state index is -0.590. The number of aromatic nitrogens is 3. The quantitative estimate of drug-likeness (QED) is 0.523. The molecular weight excluding hydrogens is 416 g/mol. The van der Waals surface area contributed by atoms with Crippen LogP contribution in [0.2, 0.25) is 0 Å². The van der Waals surface area contributed by atoms with E-state index in [0.717, 1.165) is 21.9 Å². The van der Waals surface area contributed by atoms with E-state index in [1.807, 2.05) is 45.0 Å². The normalized spacial score (nSPS) is 11.5. The van der Waals surface area contributed by atoms with Crippen LogP contribution in [-0.2, 0) is 22.3 Å². The second-order valence-corrected chi connectivity index (χ2v) is 8.96. The van der Waals surface area contributed by atoms with E-state index in [1.54, 1.807) is 17.2 Å². The van der Waals surface area contributed by atoms with Gasteiger partial charge in [-0.05, 0) is 39.8 Å². The molecule has 2 heterocycles. The summed E-state index contributed by atoms with van der Waals surface area (Å²) in [6.07, 6.45) is 0.703. The van der Waals surface area contributed by atoms with E-state index in [9.17, 15) is 9.59 Å². The average Bonchev–Trinajstić information content (AvgIpc) is 3.33. The zero-order valence-electron chi connectivity index (χ0n) is 18.3. The van der Waals surface area contributed by atoms with Gasteiger partial charge in [0.1, 0.15) is 11.4 Å². The van der Waals surface area contributed by atoms with E-state index in [1.165, 1.54) is 11.3 Å². The van der Waals surface area contributed by atoms with E-state index in [-0.39, 0.29) is 6.09 Å². The molecule has 166 valence electrons. The Labute approximate surface area is 185 Å². The van der Waals surface area contributed by atoms with Gasteiger partial charge < -0.3 is 19.4 Å². The Morgan fingerprint density at radius 2 is 1.87 bits per heavy atom. The minimum Gasteiger partial charge on any atom is -0.461 e. The van der Waals surface area contributed by atoms with Crippen molar-refractivity contribution in [3.05, 3.63) is 46.2 Å². The summed E-state index contributed by atoms with van der Waals surface area (Å²) in [5.74, 6) is 0.382. The van der Waals surface area contributed by atoms with Crippen molar-refractivity contribution in [1.29, 1.82) is 0 Å². The fourth-order valence-corrected chi connectivity index (χ4v) is 3.70. The van der Waals surface area contributed by atoms with Crippen molar-refractivity contribution in [3.8, 4) is 0 Å². The summed E-state index contributed by atoms with van der Waals surface area (Å²) < 4.78 is 10.6. The molecule has 3 aromatic rings. The summed E-state index contributed by atoms with van der Waals surface area (Å²) in [7, 11) is 0. The number of carbonyl (C=O) groups is 2. The van der Waals surface area contributed by atoms with Gasteiger partial charge in [-0.15, -0.1) is 11.3 Å². The number of para-hydroxylation sites is 2. The summed E-state index contributed by atoms with van der Waals surface area (Å²) in [6.45, 7) is 8.46. The Morgan fingerprint density at radius 3 is 2.58 bits per heavy atom.